The zero-order valence-corrected chi connectivity index (χ0v) is 18.5. The number of rotatable bonds is 17. The lowest BCUT2D eigenvalue weighted by Gasteiger charge is -2.07. The first-order valence-electron chi connectivity index (χ1n) is 11.2. The number of phenols is 1. The first-order chi connectivity index (χ1) is 13.4. The molecule has 0 atom stereocenters. The van der Waals surface area contributed by atoms with Gasteiger partial charge in [0.05, 0.1) is 4.90 Å². The van der Waals surface area contributed by atoms with Crippen molar-refractivity contribution in [1.82, 2.24) is 0 Å². The van der Waals surface area contributed by atoms with Gasteiger partial charge in [-0.1, -0.05) is 96.8 Å². The molecule has 162 valence electrons. The number of aromatic hydroxyl groups is 1. The minimum atomic E-state index is -4.21. The van der Waals surface area contributed by atoms with Crippen LogP contribution in [0.2, 0.25) is 0 Å². The molecule has 1 rings (SSSR count). The minimum Gasteiger partial charge on any atom is -0.508 e. The van der Waals surface area contributed by atoms with E-state index in [4.69, 9.17) is 4.55 Å². The van der Waals surface area contributed by atoms with Crippen molar-refractivity contribution >= 4 is 10.1 Å². The lowest BCUT2D eigenvalue weighted by atomic mass is 10.0. The van der Waals surface area contributed by atoms with E-state index >= 15 is 0 Å². The molecule has 2 N–H and O–H groups in total. The quantitative estimate of drug-likeness (QED) is 0.212. The molecule has 0 saturated heterocycles. The summed E-state index contributed by atoms with van der Waals surface area (Å²) in [6.45, 7) is 2.26. The second kappa shape index (κ2) is 14.9. The lowest BCUT2D eigenvalue weighted by Crippen LogP contribution is -1.99. The highest BCUT2D eigenvalue weighted by Crippen LogP contribution is 2.23. The van der Waals surface area contributed by atoms with Crippen LogP contribution < -0.4 is 0 Å². The van der Waals surface area contributed by atoms with E-state index in [-0.39, 0.29) is 10.6 Å². The summed E-state index contributed by atoms with van der Waals surface area (Å²) in [5.41, 5.74) is 0.588. The molecule has 0 fully saturated rings. The minimum absolute atomic E-state index is 0.0952. The molecule has 0 saturated carbocycles. The normalized spacial score (nSPS) is 11.8. The second-order valence-corrected chi connectivity index (χ2v) is 9.39. The molecule has 0 aliphatic rings. The van der Waals surface area contributed by atoms with Crippen LogP contribution in [0, 0.1) is 0 Å². The van der Waals surface area contributed by atoms with E-state index in [2.05, 4.69) is 6.92 Å². The van der Waals surface area contributed by atoms with Crippen molar-refractivity contribution in [1.29, 1.82) is 0 Å². The van der Waals surface area contributed by atoms with Crippen LogP contribution in [0.15, 0.2) is 23.1 Å². The fraction of sp³-hybridized carbons (Fsp3) is 0.739. The van der Waals surface area contributed by atoms with Gasteiger partial charge in [-0.15, -0.1) is 0 Å². The van der Waals surface area contributed by atoms with Crippen LogP contribution in [0.4, 0.5) is 0 Å². The second-order valence-electron chi connectivity index (χ2n) is 7.97. The standard InChI is InChI=1S/C23H40O4S/c1-2-3-4-5-6-7-8-9-10-11-12-13-14-15-16-17-21-20-22(28(25,26)27)18-19-23(21)24/h18-20,24H,2-17H2,1H3,(H,25,26,27). The average molecular weight is 413 g/mol. The Balaban J connectivity index is 1.98. The van der Waals surface area contributed by atoms with Crippen molar-refractivity contribution < 1.29 is 18.1 Å². The molecule has 0 bridgehead atoms. The molecule has 1 aromatic carbocycles. The highest BCUT2D eigenvalue weighted by atomic mass is 32.2. The first kappa shape index (κ1) is 25.0. The van der Waals surface area contributed by atoms with E-state index in [1.54, 1.807) is 0 Å². The van der Waals surface area contributed by atoms with E-state index < -0.39 is 10.1 Å². The van der Waals surface area contributed by atoms with Crippen LogP contribution in [-0.4, -0.2) is 18.1 Å². The molecular weight excluding hydrogens is 372 g/mol. The Bertz CT molecular complexity index is 625. The maximum atomic E-state index is 11.2. The summed E-state index contributed by atoms with van der Waals surface area (Å²) in [6, 6.07) is 3.93. The van der Waals surface area contributed by atoms with E-state index in [1.165, 1.54) is 102 Å². The summed E-state index contributed by atoms with van der Waals surface area (Å²) < 4.78 is 31.5. The van der Waals surface area contributed by atoms with Crippen molar-refractivity contribution in [2.24, 2.45) is 0 Å². The van der Waals surface area contributed by atoms with Gasteiger partial charge in [0, 0.05) is 0 Å². The molecular formula is C23H40O4S. The van der Waals surface area contributed by atoms with Gasteiger partial charge >= 0.3 is 0 Å². The topological polar surface area (TPSA) is 74.6 Å². The Morgan fingerprint density at radius 2 is 1.14 bits per heavy atom. The molecule has 0 aromatic heterocycles. The van der Waals surface area contributed by atoms with Crippen LogP contribution in [-0.2, 0) is 16.5 Å². The third kappa shape index (κ3) is 11.7. The average Bonchev–Trinajstić information content (AvgIpc) is 2.65. The third-order valence-electron chi connectivity index (χ3n) is 5.40. The molecule has 0 radical (unpaired) electrons. The predicted molar refractivity (Wildman–Crippen MR) is 117 cm³/mol. The van der Waals surface area contributed by atoms with Gasteiger partial charge in [0.25, 0.3) is 10.1 Å². The largest absolute Gasteiger partial charge is 0.508 e. The maximum absolute atomic E-state index is 11.2. The summed E-state index contributed by atoms with van der Waals surface area (Å²) in [6.07, 6.45) is 20.1. The Labute approximate surface area is 172 Å². The van der Waals surface area contributed by atoms with E-state index in [0.29, 0.717) is 12.0 Å². The summed E-state index contributed by atoms with van der Waals surface area (Å²) >= 11 is 0. The Morgan fingerprint density at radius 1 is 0.714 bits per heavy atom. The van der Waals surface area contributed by atoms with Crippen LogP contribution in [0.3, 0.4) is 0 Å². The molecule has 0 amide bonds. The zero-order valence-electron chi connectivity index (χ0n) is 17.7. The molecule has 4 nitrogen and oxygen atoms in total. The monoisotopic (exact) mass is 412 g/mol. The van der Waals surface area contributed by atoms with Crippen molar-refractivity contribution in [3.05, 3.63) is 23.8 Å². The van der Waals surface area contributed by atoms with E-state index in [9.17, 15) is 13.5 Å². The molecule has 0 spiro atoms. The van der Waals surface area contributed by atoms with Gasteiger partial charge in [-0.3, -0.25) is 4.55 Å². The molecule has 1 aromatic rings. The molecule has 0 unspecified atom stereocenters. The van der Waals surface area contributed by atoms with Gasteiger partial charge in [0.1, 0.15) is 5.75 Å². The smallest absolute Gasteiger partial charge is 0.294 e. The van der Waals surface area contributed by atoms with Gasteiger partial charge in [0.15, 0.2) is 0 Å². The summed E-state index contributed by atoms with van der Waals surface area (Å²) in [5.74, 6) is 0.0952. The Kier molecular flexibility index (Phi) is 13.3. The summed E-state index contributed by atoms with van der Waals surface area (Å²) in [5, 5.41) is 9.84. The van der Waals surface area contributed by atoms with Crippen molar-refractivity contribution in [2.45, 2.75) is 115 Å². The van der Waals surface area contributed by atoms with Crippen molar-refractivity contribution in [3.8, 4) is 5.75 Å². The Hall–Kier alpha value is -1.07. The maximum Gasteiger partial charge on any atom is 0.294 e. The van der Waals surface area contributed by atoms with Crippen LogP contribution in [0.5, 0.6) is 5.75 Å². The highest BCUT2D eigenvalue weighted by molar-refractivity contribution is 7.85. The highest BCUT2D eigenvalue weighted by Gasteiger charge is 2.12. The lowest BCUT2D eigenvalue weighted by molar-refractivity contribution is 0.463. The molecule has 28 heavy (non-hydrogen) atoms. The van der Waals surface area contributed by atoms with Crippen LogP contribution >= 0.6 is 0 Å². The molecule has 0 aliphatic heterocycles. The number of benzene rings is 1. The van der Waals surface area contributed by atoms with Crippen molar-refractivity contribution in [3.63, 3.8) is 0 Å². The fourth-order valence-corrected chi connectivity index (χ4v) is 4.14. The van der Waals surface area contributed by atoms with Gasteiger partial charge < -0.3 is 5.11 Å². The van der Waals surface area contributed by atoms with E-state index in [0.717, 1.165) is 12.8 Å². The number of hydrogen-bond acceptors (Lipinski definition) is 3. The van der Waals surface area contributed by atoms with Gasteiger partial charge in [-0.25, -0.2) is 0 Å². The number of hydrogen-bond donors (Lipinski definition) is 2. The molecule has 0 heterocycles. The van der Waals surface area contributed by atoms with Crippen LogP contribution in [0.25, 0.3) is 0 Å². The zero-order chi connectivity index (χ0) is 20.7. The fourth-order valence-electron chi connectivity index (χ4n) is 3.61. The number of unbranched alkanes of at least 4 members (excludes halogenated alkanes) is 14. The third-order valence-corrected chi connectivity index (χ3v) is 6.25. The van der Waals surface area contributed by atoms with Gasteiger partial charge in [0.2, 0.25) is 0 Å². The number of phenolic OH excluding ortho intramolecular Hbond substituents is 1. The van der Waals surface area contributed by atoms with Crippen LogP contribution in [0.1, 0.15) is 109 Å². The first-order valence-corrected chi connectivity index (χ1v) is 12.7. The van der Waals surface area contributed by atoms with Gasteiger partial charge in [-0.2, -0.15) is 8.42 Å². The SMILES string of the molecule is CCCCCCCCCCCCCCCCCc1cc(S(=O)(=O)O)ccc1O. The molecule has 0 aliphatic carbocycles. The Morgan fingerprint density at radius 3 is 1.57 bits per heavy atom. The summed E-state index contributed by atoms with van der Waals surface area (Å²) in [4.78, 5) is -0.152. The van der Waals surface area contributed by atoms with Gasteiger partial charge in [-0.05, 0) is 36.6 Å². The number of aryl methyl sites for hydroxylation is 1. The summed E-state index contributed by atoms with van der Waals surface area (Å²) in [7, 11) is -4.21. The molecule has 5 heteroatoms. The van der Waals surface area contributed by atoms with Crippen molar-refractivity contribution in [2.75, 3.05) is 0 Å². The van der Waals surface area contributed by atoms with E-state index in [1.807, 2.05) is 0 Å². The predicted octanol–water partition coefficient (Wildman–Crippen LogP) is 7.05.